The molecule has 0 heterocycles. The molecular weight excluding hydrogens is 270 g/mol. The first-order chi connectivity index (χ1) is 9.88. The van der Waals surface area contributed by atoms with Crippen molar-refractivity contribution in [2.24, 2.45) is 5.41 Å². The van der Waals surface area contributed by atoms with Crippen molar-refractivity contribution in [1.82, 2.24) is 5.32 Å². The molecule has 0 unspecified atom stereocenters. The molecule has 0 aliphatic heterocycles. The summed E-state index contributed by atoms with van der Waals surface area (Å²) >= 11 is 0. The standard InChI is InChI=1S/C16H21NO4/c1-16(2,15(20)17-9-14(18)19)10-21-13-7-6-11-4-3-5-12(11)8-13/h6-8H,3-5,9-10H2,1-2H3,(H,17,20)(H,18,19). The number of carboxylic acid groups (broad SMARTS) is 1. The lowest BCUT2D eigenvalue weighted by atomic mass is 9.93. The van der Waals surface area contributed by atoms with Crippen molar-refractivity contribution in [3.8, 4) is 5.75 Å². The van der Waals surface area contributed by atoms with Crippen molar-refractivity contribution in [3.63, 3.8) is 0 Å². The van der Waals surface area contributed by atoms with E-state index in [9.17, 15) is 9.59 Å². The van der Waals surface area contributed by atoms with Crippen molar-refractivity contribution in [2.45, 2.75) is 33.1 Å². The van der Waals surface area contributed by atoms with Crippen LogP contribution in [0.1, 0.15) is 31.4 Å². The van der Waals surface area contributed by atoms with Gasteiger partial charge in [0.15, 0.2) is 0 Å². The smallest absolute Gasteiger partial charge is 0.322 e. The highest BCUT2D eigenvalue weighted by Gasteiger charge is 2.29. The molecular formula is C16H21NO4. The number of amides is 1. The molecule has 0 saturated heterocycles. The summed E-state index contributed by atoms with van der Waals surface area (Å²) in [6, 6.07) is 6.04. The SMILES string of the molecule is CC(C)(COc1ccc2c(c1)CCC2)C(=O)NCC(=O)O. The van der Waals surface area contributed by atoms with E-state index in [2.05, 4.69) is 11.4 Å². The summed E-state index contributed by atoms with van der Waals surface area (Å²) in [5.74, 6) is -0.625. The molecule has 0 radical (unpaired) electrons. The molecule has 21 heavy (non-hydrogen) atoms. The number of aliphatic carboxylic acids is 1. The zero-order valence-corrected chi connectivity index (χ0v) is 12.4. The van der Waals surface area contributed by atoms with Gasteiger partial charge in [0.05, 0.1) is 5.41 Å². The number of carbonyl (C=O) groups excluding carboxylic acids is 1. The van der Waals surface area contributed by atoms with Gasteiger partial charge in [0, 0.05) is 0 Å². The van der Waals surface area contributed by atoms with Crippen molar-refractivity contribution in [3.05, 3.63) is 29.3 Å². The number of fused-ring (bicyclic) bond motifs is 1. The van der Waals surface area contributed by atoms with E-state index >= 15 is 0 Å². The minimum atomic E-state index is -1.06. The molecule has 0 fully saturated rings. The van der Waals surface area contributed by atoms with Crippen LogP contribution in [0.15, 0.2) is 18.2 Å². The first-order valence-electron chi connectivity index (χ1n) is 7.13. The molecule has 2 rings (SSSR count). The fraction of sp³-hybridized carbons (Fsp3) is 0.500. The van der Waals surface area contributed by atoms with Gasteiger partial charge < -0.3 is 15.2 Å². The number of hydrogen-bond donors (Lipinski definition) is 2. The lowest BCUT2D eigenvalue weighted by Gasteiger charge is -2.23. The number of hydrogen-bond acceptors (Lipinski definition) is 3. The van der Waals surface area contributed by atoms with Gasteiger partial charge in [-0.05, 0) is 56.4 Å². The van der Waals surface area contributed by atoms with E-state index in [1.165, 1.54) is 17.5 Å². The Morgan fingerprint density at radius 1 is 1.29 bits per heavy atom. The third-order valence-electron chi connectivity index (χ3n) is 3.68. The molecule has 1 aliphatic carbocycles. The van der Waals surface area contributed by atoms with E-state index in [1.54, 1.807) is 13.8 Å². The number of carbonyl (C=O) groups is 2. The van der Waals surface area contributed by atoms with Crippen molar-refractivity contribution in [1.29, 1.82) is 0 Å². The second-order valence-electron chi connectivity index (χ2n) is 6.03. The van der Waals surface area contributed by atoms with Gasteiger partial charge >= 0.3 is 5.97 Å². The Balaban J connectivity index is 1.91. The molecule has 114 valence electrons. The molecule has 0 aromatic heterocycles. The minimum Gasteiger partial charge on any atom is -0.492 e. The quantitative estimate of drug-likeness (QED) is 0.837. The van der Waals surface area contributed by atoms with Crippen LogP contribution in [0.4, 0.5) is 0 Å². The number of aryl methyl sites for hydroxylation is 2. The first kappa shape index (κ1) is 15.4. The molecule has 0 spiro atoms. The number of carboxylic acids is 1. The van der Waals surface area contributed by atoms with Crippen LogP contribution in [0.25, 0.3) is 0 Å². The second kappa shape index (κ2) is 6.16. The Hall–Kier alpha value is -2.04. The third-order valence-corrected chi connectivity index (χ3v) is 3.68. The number of ether oxygens (including phenoxy) is 1. The molecule has 1 aromatic carbocycles. The fourth-order valence-electron chi connectivity index (χ4n) is 2.36. The van der Waals surface area contributed by atoms with E-state index in [4.69, 9.17) is 9.84 Å². The van der Waals surface area contributed by atoms with Crippen molar-refractivity contribution in [2.75, 3.05) is 13.2 Å². The normalized spacial score (nSPS) is 13.6. The predicted molar refractivity (Wildman–Crippen MR) is 78.4 cm³/mol. The highest BCUT2D eigenvalue weighted by atomic mass is 16.5. The van der Waals surface area contributed by atoms with Crippen molar-refractivity contribution >= 4 is 11.9 Å². The molecule has 0 atom stereocenters. The predicted octanol–water partition coefficient (Wildman–Crippen LogP) is 1.78. The van der Waals surface area contributed by atoms with Gasteiger partial charge in [-0.1, -0.05) is 6.07 Å². The Bertz CT molecular complexity index is 551. The van der Waals surface area contributed by atoms with Crippen LogP contribution in [0.2, 0.25) is 0 Å². The van der Waals surface area contributed by atoms with Crippen LogP contribution in [0.5, 0.6) is 5.75 Å². The molecule has 1 aliphatic rings. The highest BCUT2D eigenvalue weighted by Crippen LogP contribution is 2.27. The molecule has 0 bridgehead atoms. The summed E-state index contributed by atoms with van der Waals surface area (Å²) in [5.41, 5.74) is 1.91. The number of nitrogens with one attached hydrogen (secondary N) is 1. The van der Waals surface area contributed by atoms with Crippen LogP contribution in [-0.4, -0.2) is 30.1 Å². The van der Waals surface area contributed by atoms with Crippen LogP contribution in [0, 0.1) is 5.41 Å². The van der Waals surface area contributed by atoms with E-state index in [-0.39, 0.29) is 19.1 Å². The third kappa shape index (κ3) is 3.97. The minimum absolute atomic E-state index is 0.206. The Morgan fingerprint density at radius 3 is 2.71 bits per heavy atom. The van der Waals surface area contributed by atoms with E-state index in [0.29, 0.717) is 0 Å². The Labute approximate surface area is 124 Å². The van der Waals surface area contributed by atoms with Gasteiger partial charge in [-0.2, -0.15) is 0 Å². The van der Waals surface area contributed by atoms with Crippen LogP contribution < -0.4 is 10.1 Å². The summed E-state index contributed by atoms with van der Waals surface area (Å²) in [7, 11) is 0. The van der Waals surface area contributed by atoms with Gasteiger partial charge in [-0.15, -0.1) is 0 Å². The first-order valence-corrected chi connectivity index (χ1v) is 7.13. The van der Waals surface area contributed by atoms with E-state index in [1.807, 2.05) is 12.1 Å². The van der Waals surface area contributed by atoms with E-state index < -0.39 is 11.4 Å². The van der Waals surface area contributed by atoms with E-state index in [0.717, 1.165) is 18.6 Å². The zero-order valence-electron chi connectivity index (χ0n) is 12.4. The largest absolute Gasteiger partial charge is 0.492 e. The lowest BCUT2D eigenvalue weighted by molar-refractivity contribution is -0.140. The maximum Gasteiger partial charge on any atom is 0.322 e. The topological polar surface area (TPSA) is 75.6 Å². The fourth-order valence-corrected chi connectivity index (χ4v) is 2.36. The van der Waals surface area contributed by atoms with Gasteiger partial charge in [-0.3, -0.25) is 9.59 Å². The van der Waals surface area contributed by atoms with Crippen molar-refractivity contribution < 1.29 is 19.4 Å². The molecule has 5 heteroatoms. The van der Waals surface area contributed by atoms with Crippen LogP contribution >= 0.6 is 0 Å². The molecule has 5 nitrogen and oxygen atoms in total. The number of benzene rings is 1. The molecule has 1 amide bonds. The highest BCUT2D eigenvalue weighted by molar-refractivity contribution is 5.85. The molecule has 1 aromatic rings. The Kier molecular flexibility index (Phi) is 4.50. The molecule has 2 N–H and O–H groups in total. The average molecular weight is 291 g/mol. The maximum atomic E-state index is 11.9. The van der Waals surface area contributed by atoms with Gasteiger partial charge in [0.25, 0.3) is 0 Å². The summed E-state index contributed by atoms with van der Waals surface area (Å²) in [6.07, 6.45) is 3.38. The second-order valence-corrected chi connectivity index (χ2v) is 6.03. The molecule has 0 saturated carbocycles. The number of rotatable bonds is 6. The van der Waals surface area contributed by atoms with Crippen LogP contribution in [-0.2, 0) is 22.4 Å². The zero-order chi connectivity index (χ0) is 15.5. The monoisotopic (exact) mass is 291 g/mol. The Morgan fingerprint density at radius 2 is 2.00 bits per heavy atom. The van der Waals surface area contributed by atoms with Gasteiger partial charge in [-0.25, -0.2) is 0 Å². The van der Waals surface area contributed by atoms with Gasteiger partial charge in [0.2, 0.25) is 5.91 Å². The summed E-state index contributed by atoms with van der Waals surface area (Å²) in [5, 5.41) is 11.0. The summed E-state index contributed by atoms with van der Waals surface area (Å²) in [6.45, 7) is 3.30. The summed E-state index contributed by atoms with van der Waals surface area (Å²) < 4.78 is 5.72. The lowest BCUT2D eigenvalue weighted by Crippen LogP contribution is -2.42. The summed E-state index contributed by atoms with van der Waals surface area (Å²) in [4.78, 5) is 22.4. The van der Waals surface area contributed by atoms with Crippen LogP contribution in [0.3, 0.4) is 0 Å². The maximum absolute atomic E-state index is 11.9. The van der Waals surface area contributed by atoms with Gasteiger partial charge in [0.1, 0.15) is 18.9 Å². The average Bonchev–Trinajstić information content (AvgIpc) is 2.89.